The van der Waals surface area contributed by atoms with Crippen molar-refractivity contribution in [2.75, 3.05) is 6.54 Å². The molecule has 1 aromatic carbocycles. The maximum absolute atomic E-state index is 3.58. The van der Waals surface area contributed by atoms with Crippen LogP contribution in [0.4, 0.5) is 0 Å². The van der Waals surface area contributed by atoms with E-state index in [0.29, 0.717) is 11.5 Å². The molecule has 0 radical (unpaired) electrons. The van der Waals surface area contributed by atoms with Crippen molar-refractivity contribution in [1.82, 2.24) is 5.32 Å². The van der Waals surface area contributed by atoms with Gasteiger partial charge in [-0.2, -0.15) is 0 Å². The monoisotopic (exact) mass is 331 g/mol. The van der Waals surface area contributed by atoms with Gasteiger partial charge in [0.25, 0.3) is 0 Å². The number of nitrogens with one attached hydrogen (secondary N) is 1. The zero-order chi connectivity index (χ0) is 12.2. The maximum Gasteiger partial charge on any atom is 0.0156 e. The van der Waals surface area contributed by atoms with Crippen molar-refractivity contribution in [2.24, 2.45) is 5.41 Å². The highest BCUT2D eigenvalue weighted by molar-refractivity contribution is 14.1. The van der Waals surface area contributed by atoms with Crippen LogP contribution in [0.15, 0.2) is 24.3 Å². The highest BCUT2D eigenvalue weighted by Crippen LogP contribution is 2.22. The van der Waals surface area contributed by atoms with Gasteiger partial charge in [0.1, 0.15) is 0 Å². The van der Waals surface area contributed by atoms with E-state index in [1.165, 1.54) is 9.13 Å². The van der Waals surface area contributed by atoms with Gasteiger partial charge in [-0.05, 0) is 58.7 Å². The molecule has 0 aromatic heterocycles. The number of halogens is 1. The Labute approximate surface area is 113 Å². The lowest BCUT2D eigenvalue weighted by atomic mass is 9.83. The van der Waals surface area contributed by atoms with Crippen molar-refractivity contribution < 1.29 is 0 Å². The van der Waals surface area contributed by atoms with Gasteiger partial charge < -0.3 is 5.32 Å². The van der Waals surface area contributed by atoms with E-state index in [4.69, 9.17) is 0 Å². The molecular weight excluding hydrogens is 309 g/mol. The van der Waals surface area contributed by atoms with Gasteiger partial charge in [0, 0.05) is 9.61 Å². The second kappa shape index (κ2) is 6.01. The molecule has 1 N–H and O–H groups in total. The van der Waals surface area contributed by atoms with Crippen molar-refractivity contribution in [1.29, 1.82) is 0 Å². The summed E-state index contributed by atoms with van der Waals surface area (Å²) in [5, 5.41) is 3.58. The van der Waals surface area contributed by atoms with Crippen LogP contribution in [0.5, 0.6) is 0 Å². The third-order valence-corrected chi connectivity index (χ3v) is 3.57. The van der Waals surface area contributed by atoms with Crippen LogP contribution in [0.2, 0.25) is 0 Å². The fourth-order valence-electron chi connectivity index (χ4n) is 1.79. The van der Waals surface area contributed by atoms with E-state index in [9.17, 15) is 0 Å². The molecule has 2 heteroatoms. The molecule has 16 heavy (non-hydrogen) atoms. The third kappa shape index (κ3) is 4.42. The summed E-state index contributed by atoms with van der Waals surface area (Å²) >= 11 is 2.35. The summed E-state index contributed by atoms with van der Waals surface area (Å²) in [5.74, 6) is 0. The first-order chi connectivity index (χ1) is 7.43. The maximum atomic E-state index is 3.58. The summed E-state index contributed by atoms with van der Waals surface area (Å²) in [6.07, 6.45) is 1.11. The molecule has 0 spiro atoms. The van der Waals surface area contributed by atoms with Crippen LogP contribution in [0, 0.1) is 8.99 Å². The average Bonchev–Trinajstić information content (AvgIpc) is 2.19. The van der Waals surface area contributed by atoms with Crippen molar-refractivity contribution in [3.8, 4) is 0 Å². The van der Waals surface area contributed by atoms with Gasteiger partial charge in [-0.25, -0.2) is 0 Å². The predicted molar refractivity (Wildman–Crippen MR) is 79.8 cm³/mol. The highest BCUT2D eigenvalue weighted by Gasteiger charge is 2.23. The molecule has 90 valence electrons. The summed E-state index contributed by atoms with van der Waals surface area (Å²) in [4.78, 5) is 0. The molecule has 1 aromatic rings. The van der Waals surface area contributed by atoms with E-state index in [0.717, 1.165) is 13.0 Å². The first-order valence-electron chi connectivity index (χ1n) is 5.91. The van der Waals surface area contributed by atoms with Crippen LogP contribution < -0.4 is 5.32 Å². The van der Waals surface area contributed by atoms with Gasteiger partial charge in [-0.3, -0.25) is 0 Å². The molecule has 0 amide bonds. The van der Waals surface area contributed by atoms with Crippen molar-refractivity contribution in [3.63, 3.8) is 0 Å². The largest absolute Gasteiger partial charge is 0.313 e. The molecule has 0 aliphatic heterocycles. The molecular formula is C14H22IN. The molecule has 1 unspecified atom stereocenters. The molecule has 0 aliphatic rings. The van der Waals surface area contributed by atoms with Crippen LogP contribution in [-0.4, -0.2) is 12.6 Å². The van der Waals surface area contributed by atoms with Crippen LogP contribution in [0.1, 0.15) is 33.3 Å². The lowest BCUT2D eigenvalue weighted by Crippen LogP contribution is -2.41. The normalized spacial score (nSPS) is 13.8. The SMILES string of the molecule is CCNC(Cc1ccc(I)cc1)C(C)(C)C. The zero-order valence-corrected chi connectivity index (χ0v) is 12.8. The molecule has 0 saturated heterocycles. The summed E-state index contributed by atoms with van der Waals surface area (Å²) in [5.41, 5.74) is 1.72. The Morgan fingerprint density at radius 3 is 2.19 bits per heavy atom. The smallest absolute Gasteiger partial charge is 0.0156 e. The summed E-state index contributed by atoms with van der Waals surface area (Å²) in [6, 6.07) is 9.37. The quantitative estimate of drug-likeness (QED) is 0.826. The van der Waals surface area contributed by atoms with Gasteiger partial charge in [0.2, 0.25) is 0 Å². The van der Waals surface area contributed by atoms with E-state index >= 15 is 0 Å². The highest BCUT2D eigenvalue weighted by atomic mass is 127. The lowest BCUT2D eigenvalue weighted by molar-refractivity contribution is 0.270. The molecule has 0 saturated carbocycles. The second-order valence-corrected chi connectivity index (χ2v) is 6.55. The second-order valence-electron chi connectivity index (χ2n) is 5.31. The first-order valence-corrected chi connectivity index (χ1v) is 6.99. The topological polar surface area (TPSA) is 12.0 Å². The van der Waals surface area contributed by atoms with Gasteiger partial charge in [0.05, 0.1) is 0 Å². The Kier molecular flexibility index (Phi) is 5.25. The minimum absolute atomic E-state index is 0.305. The Hall–Kier alpha value is -0.0900. The number of hydrogen-bond donors (Lipinski definition) is 1. The van der Waals surface area contributed by atoms with Crippen molar-refractivity contribution in [3.05, 3.63) is 33.4 Å². The van der Waals surface area contributed by atoms with Crippen LogP contribution in [0.25, 0.3) is 0 Å². The Morgan fingerprint density at radius 1 is 1.19 bits per heavy atom. The minimum Gasteiger partial charge on any atom is -0.313 e. The van der Waals surface area contributed by atoms with Crippen LogP contribution in [-0.2, 0) is 6.42 Å². The van der Waals surface area contributed by atoms with Crippen molar-refractivity contribution in [2.45, 2.75) is 40.2 Å². The van der Waals surface area contributed by atoms with Gasteiger partial charge in [-0.15, -0.1) is 0 Å². The molecule has 0 aliphatic carbocycles. The molecule has 0 heterocycles. The Bertz CT molecular complexity index is 311. The summed E-state index contributed by atoms with van der Waals surface area (Å²) < 4.78 is 1.30. The molecule has 0 bridgehead atoms. The molecule has 1 nitrogen and oxygen atoms in total. The molecule has 0 fully saturated rings. The third-order valence-electron chi connectivity index (χ3n) is 2.85. The number of benzene rings is 1. The standard InChI is InChI=1S/C14H22IN/c1-5-16-13(14(2,3)4)10-11-6-8-12(15)9-7-11/h6-9,13,16H,5,10H2,1-4H3. The van der Waals surface area contributed by atoms with Gasteiger partial charge in [-0.1, -0.05) is 39.8 Å². The number of rotatable bonds is 4. The van der Waals surface area contributed by atoms with Gasteiger partial charge in [0.15, 0.2) is 0 Å². The van der Waals surface area contributed by atoms with E-state index < -0.39 is 0 Å². The van der Waals surface area contributed by atoms with Crippen LogP contribution in [0.3, 0.4) is 0 Å². The van der Waals surface area contributed by atoms with E-state index in [-0.39, 0.29) is 0 Å². The minimum atomic E-state index is 0.305. The van der Waals surface area contributed by atoms with E-state index in [2.05, 4.69) is 79.9 Å². The van der Waals surface area contributed by atoms with Crippen molar-refractivity contribution >= 4 is 22.6 Å². The Balaban J connectivity index is 2.72. The number of hydrogen-bond acceptors (Lipinski definition) is 1. The summed E-state index contributed by atoms with van der Waals surface area (Å²) in [6.45, 7) is 10.1. The van der Waals surface area contributed by atoms with Gasteiger partial charge >= 0.3 is 0 Å². The first kappa shape index (κ1) is 14.0. The fourth-order valence-corrected chi connectivity index (χ4v) is 2.15. The lowest BCUT2D eigenvalue weighted by Gasteiger charge is -2.31. The summed E-state index contributed by atoms with van der Waals surface area (Å²) in [7, 11) is 0. The van der Waals surface area contributed by atoms with E-state index in [1.54, 1.807) is 0 Å². The Morgan fingerprint density at radius 2 is 1.75 bits per heavy atom. The number of likely N-dealkylation sites (N-methyl/N-ethyl adjacent to an activating group) is 1. The molecule has 1 rings (SSSR count). The van der Waals surface area contributed by atoms with Crippen LogP contribution >= 0.6 is 22.6 Å². The zero-order valence-electron chi connectivity index (χ0n) is 10.7. The average molecular weight is 331 g/mol. The molecule has 1 atom stereocenters. The van der Waals surface area contributed by atoms with E-state index in [1.807, 2.05) is 0 Å². The fraction of sp³-hybridized carbons (Fsp3) is 0.571. The predicted octanol–water partition coefficient (Wildman–Crippen LogP) is 3.86.